The zero-order valence-corrected chi connectivity index (χ0v) is 12.0. The number of aromatic carboxylic acids is 1. The lowest BCUT2D eigenvalue weighted by molar-refractivity contribution is 0.0696. The third kappa shape index (κ3) is 4.56. The molecule has 0 aliphatic heterocycles. The van der Waals surface area contributed by atoms with Crippen LogP contribution in [0.4, 0.5) is 0 Å². The van der Waals surface area contributed by atoms with Crippen LogP contribution in [-0.2, 0) is 6.54 Å². The van der Waals surface area contributed by atoms with E-state index in [0.717, 1.165) is 43.8 Å². The van der Waals surface area contributed by atoms with Crippen molar-refractivity contribution in [3.63, 3.8) is 0 Å². The number of methoxy groups -OCH3 is 1. The lowest BCUT2D eigenvalue weighted by Crippen LogP contribution is -2.25. The molecule has 19 heavy (non-hydrogen) atoms. The molecule has 0 amide bonds. The number of carboxylic acids is 1. The van der Waals surface area contributed by atoms with Gasteiger partial charge in [-0.05, 0) is 44.1 Å². The van der Waals surface area contributed by atoms with E-state index in [1.54, 1.807) is 25.3 Å². The molecular formula is C15H23NO3. The maximum absolute atomic E-state index is 11.0. The lowest BCUT2D eigenvalue weighted by Gasteiger charge is -2.22. The lowest BCUT2D eigenvalue weighted by atomic mass is 10.1. The quantitative estimate of drug-likeness (QED) is 0.785. The first-order chi connectivity index (χ1) is 9.12. The van der Waals surface area contributed by atoms with Crippen molar-refractivity contribution in [1.82, 2.24) is 4.90 Å². The molecule has 0 radical (unpaired) electrons. The maximum atomic E-state index is 11.0. The van der Waals surface area contributed by atoms with Crippen LogP contribution < -0.4 is 4.74 Å². The van der Waals surface area contributed by atoms with Crippen molar-refractivity contribution in [1.29, 1.82) is 0 Å². The molecule has 0 fully saturated rings. The standard InChI is InChI=1S/C15H23NO3/c1-4-8-16(9-5-2)11-13-10-12(15(17)18)6-7-14(13)19-3/h6-7,10H,4-5,8-9,11H2,1-3H3,(H,17,18). The Kier molecular flexibility index (Phi) is 6.36. The number of nitrogens with zero attached hydrogens (tertiary/aromatic N) is 1. The average Bonchev–Trinajstić information content (AvgIpc) is 2.39. The number of hydrogen-bond donors (Lipinski definition) is 1. The summed E-state index contributed by atoms with van der Waals surface area (Å²) in [6.07, 6.45) is 2.17. The van der Waals surface area contributed by atoms with Crippen LogP contribution in [0, 0.1) is 0 Å². The SMILES string of the molecule is CCCN(CCC)Cc1cc(C(=O)O)ccc1OC. The van der Waals surface area contributed by atoms with Crippen LogP contribution in [0.1, 0.15) is 42.6 Å². The van der Waals surface area contributed by atoms with Crippen LogP contribution in [0.25, 0.3) is 0 Å². The van der Waals surface area contributed by atoms with E-state index in [1.165, 1.54) is 0 Å². The molecular weight excluding hydrogens is 242 g/mol. The Hall–Kier alpha value is -1.55. The average molecular weight is 265 g/mol. The summed E-state index contributed by atoms with van der Waals surface area (Å²) in [6, 6.07) is 5.02. The summed E-state index contributed by atoms with van der Waals surface area (Å²) in [6.45, 7) is 7.04. The summed E-state index contributed by atoms with van der Waals surface area (Å²) in [4.78, 5) is 13.4. The van der Waals surface area contributed by atoms with Gasteiger partial charge in [0.05, 0.1) is 12.7 Å². The highest BCUT2D eigenvalue weighted by Gasteiger charge is 2.12. The highest BCUT2D eigenvalue weighted by molar-refractivity contribution is 5.88. The minimum Gasteiger partial charge on any atom is -0.496 e. The second-order valence-corrected chi connectivity index (χ2v) is 4.61. The van der Waals surface area contributed by atoms with Crippen molar-refractivity contribution in [2.45, 2.75) is 33.2 Å². The predicted molar refractivity (Wildman–Crippen MR) is 75.8 cm³/mol. The molecule has 0 atom stereocenters. The Morgan fingerprint density at radius 2 is 1.89 bits per heavy atom. The zero-order chi connectivity index (χ0) is 14.3. The van der Waals surface area contributed by atoms with Crippen molar-refractivity contribution in [3.05, 3.63) is 29.3 Å². The Labute approximate surface area is 115 Å². The first-order valence-corrected chi connectivity index (χ1v) is 6.74. The van der Waals surface area contributed by atoms with Gasteiger partial charge >= 0.3 is 5.97 Å². The van der Waals surface area contributed by atoms with E-state index in [0.29, 0.717) is 5.56 Å². The van der Waals surface area contributed by atoms with Gasteiger partial charge in [-0.1, -0.05) is 13.8 Å². The van der Waals surface area contributed by atoms with E-state index in [-0.39, 0.29) is 0 Å². The van der Waals surface area contributed by atoms with Gasteiger partial charge in [0.2, 0.25) is 0 Å². The van der Waals surface area contributed by atoms with E-state index in [9.17, 15) is 4.79 Å². The number of carboxylic acid groups (broad SMARTS) is 1. The number of ether oxygens (including phenoxy) is 1. The summed E-state index contributed by atoms with van der Waals surface area (Å²) < 4.78 is 5.32. The van der Waals surface area contributed by atoms with E-state index in [2.05, 4.69) is 18.7 Å². The van der Waals surface area contributed by atoms with E-state index in [4.69, 9.17) is 9.84 Å². The predicted octanol–water partition coefficient (Wildman–Crippen LogP) is 3.02. The molecule has 0 spiro atoms. The van der Waals surface area contributed by atoms with Crippen molar-refractivity contribution in [3.8, 4) is 5.75 Å². The van der Waals surface area contributed by atoms with Gasteiger partial charge < -0.3 is 9.84 Å². The molecule has 0 unspecified atom stereocenters. The topological polar surface area (TPSA) is 49.8 Å². The van der Waals surface area contributed by atoms with Crippen LogP contribution in [-0.4, -0.2) is 36.2 Å². The first kappa shape index (κ1) is 15.5. The van der Waals surface area contributed by atoms with Gasteiger partial charge in [0.25, 0.3) is 0 Å². The fourth-order valence-electron chi connectivity index (χ4n) is 2.18. The van der Waals surface area contributed by atoms with Crippen molar-refractivity contribution in [2.24, 2.45) is 0 Å². The van der Waals surface area contributed by atoms with Gasteiger partial charge in [-0.2, -0.15) is 0 Å². The van der Waals surface area contributed by atoms with Crippen LogP contribution in [0.5, 0.6) is 5.75 Å². The van der Waals surface area contributed by atoms with Crippen molar-refractivity contribution in [2.75, 3.05) is 20.2 Å². The van der Waals surface area contributed by atoms with Gasteiger partial charge in [-0.15, -0.1) is 0 Å². The molecule has 1 N–H and O–H groups in total. The highest BCUT2D eigenvalue weighted by Crippen LogP contribution is 2.22. The fourth-order valence-corrected chi connectivity index (χ4v) is 2.18. The molecule has 4 nitrogen and oxygen atoms in total. The number of rotatable bonds is 8. The Morgan fingerprint density at radius 3 is 2.37 bits per heavy atom. The Morgan fingerprint density at radius 1 is 1.26 bits per heavy atom. The van der Waals surface area contributed by atoms with E-state index >= 15 is 0 Å². The van der Waals surface area contributed by atoms with Crippen LogP contribution in [0.3, 0.4) is 0 Å². The molecule has 0 heterocycles. The van der Waals surface area contributed by atoms with E-state index < -0.39 is 5.97 Å². The minimum atomic E-state index is -0.901. The molecule has 0 saturated carbocycles. The molecule has 4 heteroatoms. The zero-order valence-electron chi connectivity index (χ0n) is 12.0. The summed E-state index contributed by atoms with van der Waals surface area (Å²) in [5, 5.41) is 9.06. The third-order valence-corrected chi connectivity index (χ3v) is 3.00. The molecule has 1 aromatic rings. The van der Waals surface area contributed by atoms with Gasteiger partial charge in [0.15, 0.2) is 0 Å². The van der Waals surface area contributed by atoms with Gasteiger partial charge in [0.1, 0.15) is 5.75 Å². The van der Waals surface area contributed by atoms with Crippen LogP contribution >= 0.6 is 0 Å². The van der Waals surface area contributed by atoms with Crippen LogP contribution in [0.2, 0.25) is 0 Å². The first-order valence-electron chi connectivity index (χ1n) is 6.74. The molecule has 0 aliphatic rings. The summed E-state index contributed by atoms with van der Waals surface area (Å²) in [7, 11) is 1.61. The molecule has 0 aromatic heterocycles. The second-order valence-electron chi connectivity index (χ2n) is 4.61. The number of carbonyl (C=O) groups is 1. The normalized spacial score (nSPS) is 10.7. The molecule has 0 bridgehead atoms. The van der Waals surface area contributed by atoms with Crippen LogP contribution in [0.15, 0.2) is 18.2 Å². The summed E-state index contributed by atoms with van der Waals surface area (Å²) in [5.41, 5.74) is 1.24. The second kappa shape index (κ2) is 7.79. The van der Waals surface area contributed by atoms with Crippen molar-refractivity contribution >= 4 is 5.97 Å². The molecule has 0 saturated heterocycles. The molecule has 1 aromatic carbocycles. The molecule has 106 valence electrons. The number of hydrogen-bond acceptors (Lipinski definition) is 3. The third-order valence-electron chi connectivity index (χ3n) is 3.00. The Balaban J connectivity index is 2.94. The minimum absolute atomic E-state index is 0.309. The highest BCUT2D eigenvalue weighted by atomic mass is 16.5. The largest absolute Gasteiger partial charge is 0.496 e. The smallest absolute Gasteiger partial charge is 0.335 e. The Bertz CT molecular complexity index is 412. The van der Waals surface area contributed by atoms with E-state index in [1.807, 2.05) is 0 Å². The van der Waals surface area contributed by atoms with Gasteiger partial charge in [-0.3, -0.25) is 4.90 Å². The monoisotopic (exact) mass is 265 g/mol. The maximum Gasteiger partial charge on any atom is 0.335 e. The summed E-state index contributed by atoms with van der Waals surface area (Å²) >= 11 is 0. The fraction of sp³-hybridized carbons (Fsp3) is 0.533. The number of benzene rings is 1. The van der Waals surface area contributed by atoms with Gasteiger partial charge in [-0.25, -0.2) is 4.79 Å². The summed E-state index contributed by atoms with van der Waals surface area (Å²) in [5.74, 6) is -0.149. The van der Waals surface area contributed by atoms with Gasteiger partial charge in [0, 0.05) is 12.1 Å². The molecule has 0 aliphatic carbocycles. The molecule has 1 rings (SSSR count). The van der Waals surface area contributed by atoms with Crippen molar-refractivity contribution < 1.29 is 14.6 Å².